The molecule has 0 bridgehead atoms. The summed E-state index contributed by atoms with van der Waals surface area (Å²) in [5.74, 6) is -0.385. The number of hydrogen-bond acceptors (Lipinski definition) is 4. The third kappa shape index (κ3) is 3.35. The number of amides is 1. The highest BCUT2D eigenvalue weighted by molar-refractivity contribution is 5.93. The Bertz CT molecular complexity index is 1240. The van der Waals surface area contributed by atoms with Gasteiger partial charge in [-0.15, -0.1) is 0 Å². The number of pyridine rings is 1. The Morgan fingerprint density at radius 3 is 3.00 bits per heavy atom. The van der Waals surface area contributed by atoms with E-state index in [9.17, 15) is 9.59 Å². The lowest BCUT2D eigenvalue weighted by atomic mass is 10.1. The van der Waals surface area contributed by atoms with Crippen molar-refractivity contribution in [2.24, 2.45) is 4.99 Å². The highest BCUT2D eigenvalue weighted by atomic mass is 16.2. The number of hydrogen-bond donors (Lipinski definition) is 2. The largest absolute Gasteiger partial charge is 0.354 e. The molecule has 0 saturated heterocycles. The number of H-pyrrole nitrogens is 1. The third-order valence-electron chi connectivity index (χ3n) is 4.23. The van der Waals surface area contributed by atoms with Crippen LogP contribution in [0, 0.1) is 0 Å². The molecule has 2 N–H and O–H groups in total. The summed E-state index contributed by atoms with van der Waals surface area (Å²) in [5.41, 5.74) is 3.09. The van der Waals surface area contributed by atoms with Gasteiger partial charge in [0.1, 0.15) is 11.3 Å². The minimum Gasteiger partial charge on any atom is -0.354 e. The zero-order chi connectivity index (χ0) is 18.8. The van der Waals surface area contributed by atoms with Crippen molar-refractivity contribution in [3.05, 3.63) is 82.0 Å². The molecular weight excluding hydrogens is 342 g/mol. The van der Waals surface area contributed by atoms with E-state index in [0.717, 1.165) is 22.2 Å². The zero-order valence-corrected chi connectivity index (χ0v) is 14.6. The highest BCUT2D eigenvalue weighted by Gasteiger charge is 2.10. The van der Waals surface area contributed by atoms with Crippen LogP contribution in [0.15, 0.2) is 64.5 Å². The van der Waals surface area contributed by atoms with Crippen molar-refractivity contribution in [1.82, 2.24) is 19.7 Å². The summed E-state index contributed by atoms with van der Waals surface area (Å²) in [6.45, 7) is 0.334. The molecule has 0 radical (unpaired) electrons. The molecule has 134 valence electrons. The highest BCUT2D eigenvalue weighted by Crippen LogP contribution is 2.16. The van der Waals surface area contributed by atoms with Crippen LogP contribution in [-0.4, -0.2) is 33.5 Å². The number of nitrogens with zero attached hydrogens (tertiary/aromatic N) is 3. The van der Waals surface area contributed by atoms with Crippen LogP contribution >= 0.6 is 0 Å². The minimum absolute atomic E-state index is 0.105. The van der Waals surface area contributed by atoms with Crippen LogP contribution in [0.5, 0.6) is 0 Å². The van der Waals surface area contributed by atoms with Gasteiger partial charge in [0.2, 0.25) is 0 Å². The first-order valence-electron chi connectivity index (χ1n) is 8.44. The predicted octanol–water partition coefficient (Wildman–Crippen LogP) is 2.15. The van der Waals surface area contributed by atoms with Crippen molar-refractivity contribution in [2.45, 2.75) is 6.54 Å². The van der Waals surface area contributed by atoms with E-state index >= 15 is 0 Å². The molecule has 1 aromatic carbocycles. The fraction of sp³-hybridized carbons (Fsp3) is 0.100. The first-order chi connectivity index (χ1) is 13.1. The molecule has 0 spiro atoms. The first kappa shape index (κ1) is 16.7. The van der Waals surface area contributed by atoms with Crippen LogP contribution in [0.4, 0.5) is 0 Å². The number of nitrogens with one attached hydrogen (secondary N) is 2. The molecule has 0 aliphatic carbocycles. The molecule has 0 aliphatic heterocycles. The maximum atomic E-state index is 12.4. The van der Waals surface area contributed by atoms with Crippen LogP contribution in [0.1, 0.15) is 21.7 Å². The summed E-state index contributed by atoms with van der Waals surface area (Å²) >= 11 is 0. The maximum absolute atomic E-state index is 12.4. The standard InChI is InChI=1S/C20H17N5O2/c1-21-12-15-9-14-6-5-13(8-16(14)23-15)11-22-20(27)17-10-19(26)25-7-3-2-4-18(25)24-17/h2-10,12,23H,11H2,1H3,(H,22,27)/b21-12+. The summed E-state index contributed by atoms with van der Waals surface area (Å²) < 4.78 is 1.40. The molecule has 3 aromatic heterocycles. The number of carbonyl (C=O) groups excluding carboxylic acids is 1. The monoisotopic (exact) mass is 359 g/mol. The lowest BCUT2D eigenvalue weighted by molar-refractivity contribution is 0.0946. The number of aromatic amines is 1. The Balaban J connectivity index is 1.53. The molecule has 0 atom stereocenters. The molecule has 7 nitrogen and oxygen atoms in total. The van der Waals surface area contributed by atoms with E-state index in [2.05, 4.69) is 20.3 Å². The SMILES string of the molecule is C/N=C/c1cc2ccc(CNC(=O)c3cc(=O)n4ccccc4n3)cc2[nH]1. The summed E-state index contributed by atoms with van der Waals surface area (Å²) in [6, 6.07) is 14.4. The normalized spacial score (nSPS) is 11.4. The fourth-order valence-electron chi connectivity index (χ4n) is 2.96. The molecule has 0 saturated carbocycles. The molecule has 0 fully saturated rings. The topological polar surface area (TPSA) is 91.6 Å². The van der Waals surface area contributed by atoms with Gasteiger partial charge in [0.25, 0.3) is 11.5 Å². The molecule has 0 aliphatic rings. The first-order valence-corrected chi connectivity index (χ1v) is 8.44. The van der Waals surface area contributed by atoms with Gasteiger partial charge in [-0.3, -0.25) is 19.0 Å². The summed E-state index contributed by atoms with van der Waals surface area (Å²) in [6.07, 6.45) is 3.38. The Morgan fingerprint density at radius 2 is 2.15 bits per heavy atom. The number of rotatable bonds is 4. The van der Waals surface area contributed by atoms with E-state index in [4.69, 9.17) is 0 Å². The van der Waals surface area contributed by atoms with Crippen LogP contribution in [0.3, 0.4) is 0 Å². The second kappa shape index (κ2) is 6.87. The van der Waals surface area contributed by atoms with E-state index in [0.29, 0.717) is 12.2 Å². The molecule has 7 heteroatoms. The van der Waals surface area contributed by atoms with Crippen LogP contribution < -0.4 is 10.9 Å². The Hall–Kier alpha value is -3.74. The van der Waals surface area contributed by atoms with Gasteiger partial charge in [-0.25, -0.2) is 4.98 Å². The number of fused-ring (bicyclic) bond motifs is 2. The van der Waals surface area contributed by atoms with Gasteiger partial charge in [0, 0.05) is 43.0 Å². The van der Waals surface area contributed by atoms with Crippen molar-refractivity contribution in [1.29, 1.82) is 0 Å². The quantitative estimate of drug-likeness (QED) is 0.547. The van der Waals surface area contributed by atoms with Crippen LogP contribution in [-0.2, 0) is 6.54 Å². The van der Waals surface area contributed by atoms with E-state index in [1.807, 2.05) is 24.3 Å². The van der Waals surface area contributed by atoms with Crippen molar-refractivity contribution >= 4 is 28.7 Å². The summed E-state index contributed by atoms with van der Waals surface area (Å²) in [4.78, 5) is 36.0. The minimum atomic E-state index is -0.385. The summed E-state index contributed by atoms with van der Waals surface area (Å²) in [5, 5.41) is 3.89. The Morgan fingerprint density at radius 1 is 1.26 bits per heavy atom. The molecule has 4 aromatic rings. The fourth-order valence-corrected chi connectivity index (χ4v) is 2.96. The van der Waals surface area contributed by atoms with Crippen LogP contribution in [0.2, 0.25) is 0 Å². The van der Waals surface area contributed by atoms with E-state index < -0.39 is 0 Å². The third-order valence-corrected chi connectivity index (χ3v) is 4.23. The maximum Gasteiger partial charge on any atom is 0.270 e. The van der Waals surface area contributed by atoms with Gasteiger partial charge in [0.05, 0.1) is 5.69 Å². The summed E-state index contributed by atoms with van der Waals surface area (Å²) in [7, 11) is 1.72. The molecule has 4 rings (SSSR count). The van der Waals surface area contributed by atoms with Gasteiger partial charge < -0.3 is 10.3 Å². The Labute approximate surface area is 154 Å². The van der Waals surface area contributed by atoms with Crippen LogP contribution in [0.25, 0.3) is 16.6 Å². The average Bonchev–Trinajstić information content (AvgIpc) is 3.08. The average molecular weight is 359 g/mol. The van der Waals surface area contributed by atoms with E-state index in [1.54, 1.807) is 37.7 Å². The van der Waals surface area contributed by atoms with Gasteiger partial charge >= 0.3 is 0 Å². The van der Waals surface area contributed by atoms with E-state index in [1.165, 1.54) is 10.5 Å². The lowest BCUT2D eigenvalue weighted by Gasteiger charge is -2.06. The molecule has 27 heavy (non-hydrogen) atoms. The van der Waals surface area contributed by atoms with Gasteiger partial charge in [-0.05, 0) is 29.8 Å². The molecule has 1 amide bonds. The number of aromatic nitrogens is 3. The van der Waals surface area contributed by atoms with Gasteiger partial charge in [0.15, 0.2) is 0 Å². The van der Waals surface area contributed by atoms with Crippen molar-refractivity contribution in [2.75, 3.05) is 7.05 Å². The Kier molecular flexibility index (Phi) is 4.25. The van der Waals surface area contributed by atoms with Crippen molar-refractivity contribution in [3.63, 3.8) is 0 Å². The van der Waals surface area contributed by atoms with Crippen molar-refractivity contribution in [3.8, 4) is 0 Å². The second-order valence-corrected chi connectivity index (χ2v) is 6.12. The predicted molar refractivity (Wildman–Crippen MR) is 104 cm³/mol. The molecular formula is C20H17N5O2. The number of carbonyl (C=O) groups is 1. The van der Waals surface area contributed by atoms with E-state index in [-0.39, 0.29) is 17.2 Å². The lowest BCUT2D eigenvalue weighted by Crippen LogP contribution is -2.26. The number of benzene rings is 1. The smallest absolute Gasteiger partial charge is 0.270 e. The van der Waals surface area contributed by atoms with Gasteiger partial charge in [-0.1, -0.05) is 18.2 Å². The number of aliphatic imine (C=N–C) groups is 1. The van der Waals surface area contributed by atoms with Gasteiger partial charge in [-0.2, -0.15) is 0 Å². The second-order valence-electron chi connectivity index (χ2n) is 6.12. The molecule has 3 heterocycles. The zero-order valence-electron chi connectivity index (χ0n) is 14.6. The van der Waals surface area contributed by atoms with Crippen molar-refractivity contribution < 1.29 is 4.79 Å². The molecule has 0 unspecified atom stereocenters.